The Labute approximate surface area is 141 Å². The predicted molar refractivity (Wildman–Crippen MR) is 91.7 cm³/mol. The van der Waals surface area contributed by atoms with E-state index in [1.165, 1.54) is 16.7 Å². The highest BCUT2D eigenvalue weighted by Gasteiger charge is 2.38. The topological polar surface area (TPSA) is 40.6 Å². The molecular weight excluding hydrogens is 300 g/mol. The van der Waals surface area contributed by atoms with Crippen LogP contribution in [0.1, 0.15) is 33.1 Å². The molecule has 2 aliphatic heterocycles. The maximum atomic E-state index is 12.8. The molecule has 2 amide bonds. The van der Waals surface area contributed by atoms with Gasteiger partial charge in [-0.3, -0.25) is 9.59 Å². The van der Waals surface area contributed by atoms with Crippen molar-refractivity contribution in [2.24, 2.45) is 0 Å². The van der Waals surface area contributed by atoms with Crippen molar-refractivity contribution in [2.45, 2.75) is 19.4 Å². The summed E-state index contributed by atoms with van der Waals surface area (Å²) in [6, 6.07) is 15.6. The van der Waals surface area contributed by atoms with Gasteiger partial charge >= 0.3 is 0 Å². The standard InChI is InChI=1S/C20H20N2O2/c1-14-7-8-15-9-10-22-18(17(15)11-14)12-21(13-19(22)23)20(24)16-5-3-2-4-6-16/h2-8,11,18H,9-10,12-13H2,1H3. The van der Waals surface area contributed by atoms with Crippen LogP contribution in [0.15, 0.2) is 48.5 Å². The van der Waals surface area contributed by atoms with Crippen LogP contribution < -0.4 is 0 Å². The summed E-state index contributed by atoms with van der Waals surface area (Å²) < 4.78 is 0. The number of nitrogens with zero attached hydrogens (tertiary/aromatic N) is 2. The van der Waals surface area contributed by atoms with Crippen LogP contribution in [0.25, 0.3) is 0 Å². The van der Waals surface area contributed by atoms with E-state index in [-0.39, 0.29) is 24.4 Å². The van der Waals surface area contributed by atoms with Crippen LogP contribution >= 0.6 is 0 Å². The molecule has 0 aliphatic carbocycles. The number of hydrogen-bond acceptors (Lipinski definition) is 2. The second-order valence-corrected chi connectivity index (χ2v) is 6.61. The lowest BCUT2D eigenvalue weighted by Gasteiger charge is -2.44. The quantitative estimate of drug-likeness (QED) is 0.810. The van der Waals surface area contributed by atoms with Gasteiger partial charge in [0, 0.05) is 18.7 Å². The van der Waals surface area contributed by atoms with E-state index in [1.807, 2.05) is 23.1 Å². The van der Waals surface area contributed by atoms with E-state index in [0.29, 0.717) is 12.1 Å². The van der Waals surface area contributed by atoms with Crippen LogP contribution in [0.3, 0.4) is 0 Å². The van der Waals surface area contributed by atoms with Gasteiger partial charge in [-0.15, -0.1) is 0 Å². The number of piperazine rings is 1. The number of carbonyl (C=O) groups is 2. The zero-order chi connectivity index (χ0) is 16.7. The van der Waals surface area contributed by atoms with Gasteiger partial charge in [0.15, 0.2) is 0 Å². The lowest BCUT2D eigenvalue weighted by molar-refractivity contribution is -0.139. The summed E-state index contributed by atoms with van der Waals surface area (Å²) in [5.41, 5.74) is 4.32. The van der Waals surface area contributed by atoms with Gasteiger partial charge in [-0.05, 0) is 36.6 Å². The number of benzene rings is 2. The Morgan fingerprint density at radius 1 is 1.12 bits per heavy atom. The van der Waals surface area contributed by atoms with Gasteiger partial charge in [0.2, 0.25) is 5.91 Å². The number of aryl methyl sites for hydroxylation is 1. The van der Waals surface area contributed by atoms with E-state index in [1.54, 1.807) is 17.0 Å². The van der Waals surface area contributed by atoms with Gasteiger partial charge in [0.05, 0.1) is 6.04 Å². The van der Waals surface area contributed by atoms with E-state index < -0.39 is 0 Å². The number of fused-ring (bicyclic) bond motifs is 3. The summed E-state index contributed by atoms with van der Waals surface area (Å²) in [4.78, 5) is 29.0. The molecule has 122 valence electrons. The molecule has 0 radical (unpaired) electrons. The smallest absolute Gasteiger partial charge is 0.254 e. The Morgan fingerprint density at radius 3 is 2.71 bits per heavy atom. The summed E-state index contributed by atoms with van der Waals surface area (Å²) in [5.74, 6) is -0.0222. The largest absolute Gasteiger partial charge is 0.332 e. The maximum absolute atomic E-state index is 12.8. The number of carbonyl (C=O) groups excluding carboxylic acids is 2. The van der Waals surface area contributed by atoms with Gasteiger partial charge < -0.3 is 9.80 Å². The van der Waals surface area contributed by atoms with Crippen LogP contribution in [-0.4, -0.2) is 41.2 Å². The Balaban J connectivity index is 1.66. The lowest BCUT2D eigenvalue weighted by atomic mass is 9.89. The third-order valence-corrected chi connectivity index (χ3v) is 5.01. The van der Waals surface area contributed by atoms with Crippen LogP contribution in [0, 0.1) is 6.92 Å². The predicted octanol–water partition coefficient (Wildman–Crippen LogP) is 2.58. The molecule has 1 unspecified atom stereocenters. The van der Waals surface area contributed by atoms with Crippen molar-refractivity contribution in [3.63, 3.8) is 0 Å². The molecule has 24 heavy (non-hydrogen) atoms. The molecule has 1 atom stereocenters. The number of amides is 2. The fourth-order valence-corrected chi connectivity index (χ4v) is 3.76. The van der Waals surface area contributed by atoms with Crippen molar-refractivity contribution in [2.75, 3.05) is 19.6 Å². The first kappa shape index (κ1) is 14.9. The average molecular weight is 320 g/mol. The third kappa shape index (κ3) is 2.48. The van der Waals surface area contributed by atoms with Crippen LogP contribution in [0.5, 0.6) is 0 Å². The van der Waals surface area contributed by atoms with E-state index in [2.05, 4.69) is 25.1 Å². The Bertz CT molecular complexity index is 801. The fourth-order valence-electron chi connectivity index (χ4n) is 3.76. The monoisotopic (exact) mass is 320 g/mol. The molecule has 1 fully saturated rings. The Morgan fingerprint density at radius 2 is 1.92 bits per heavy atom. The molecule has 2 aromatic rings. The molecule has 2 aliphatic rings. The first-order valence-electron chi connectivity index (χ1n) is 8.37. The zero-order valence-electron chi connectivity index (χ0n) is 13.7. The first-order valence-corrected chi connectivity index (χ1v) is 8.37. The average Bonchev–Trinajstić information content (AvgIpc) is 2.61. The summed E-state index contributed by atoms with van der Waals surface area (Å²) in [6.07, 6.45) is 0.893. The van der Waals surface area contributed by atoms with Gasteiger partial charge in [-0.2, -0.15) is 0 Å². The van der Waals surface area contributed by atoms with Crippen molar-refractivity contribution in [3.8, 4) is 0 Å². The molecule has 1 saturated heterocycles. The van der Waals surface area contributed by atoms with Crippen molar-refractivity contribution >= 4 is 11.8 Å². The highest BCUT2D eigenvalue weighted by molar-refractivity contribution is 5.97. The number of hydrogen-bond donors (Lipinski definition) is 0. The van der Waals surface area contributed by atoms with E-state index >= 15 is 0 Å². The van der Waals surface area contributed by atoms with Crippen molar-refractivity contribution in [1.82, 2.24) is 9.80 Å². The second-order valence-electron chi connectivity index (χ2n) is 6.61. The SMILES string of the molecule is Cc1ccc2c(c1)C1CN(C(=O)c3ccccc3)CC(=O)N1CC2. The summed E-state index contributed by atoms with van der Waals surface area (Å²) in [6.45, 7) is 3.55. The molecule has 0 saturated carbocycles. The Kier molecular flexibility index (Phi) is 3.60. The molecule has 4 rings (SSSR count). The third-order valence-electron chi connectivity index (χ3n) is 5.01. The van der Waals surface area contributed by atoms with Crippen LogP contribution in [0.2, 0.25) is 0 Å². The van der Waals surface area contributed by atoms with Gasteiger partial charge in [-0.1, -0.05) is 42.0 Å². The molecule has 2 aromatic carbocycles. The van der Waals surface area contributed by atoms with Gasteiger partial charge in [0.1, 0.15) is 6.54 Å². The summed E-state index contributed by atoms with van der Waals surface area (Å²) in [5, 5.41) is 0. The molecule has 2 heterocycles. The van der Waals surface area contributed by atoms with E-state index in [4.69, 9.17) is 0 Å². The van der Waals surface area contributed by atoms with Crippen LogP contribution in [-0.2, 0) is 11.2 Å². The minimum absolute atomic E-state index is 0.0254. The second kappa shape index (κ2) is 5.78. The first-order chi connectivity index (χ1) is 11.6. The molecule has 4 heteroatoms. The minimum Gasteiger partial charge on any atom is -0.332 e. The summed E-state index contributed by atoms with van der Waals surface area (Å²) >= 11 is 0. The lowest BCUT2D eigenvalue weighted by Crippen LogP contribution is -2.55. The minimum atomic E-state index is -0.0663. The fraction of sp³-hybridized carbons (Fsp3) is 0.300. The normalized spacial score (nSPS) is 19.7. The highest BCUT2D eigenvalue weighted by atomic mass is 16.2. The van der Waals surface area contributed by atoms with E-state index in [0.717, 1.165) is 13.0 Å². The molecule has 0 aromatic heterocycles. The highest BCUT2D eigenvalue weighted by Crippen LogP contribution is 2.34. The molecule has 4 nitrogen and oxygen atoms in total. The maximum Gasteiger partial charge on any atom is 0.254 e. The molecular formula is C20H20N2O2. The molecule has 0 spiro atoms. The molecule has 0 bridgehead atoms. The zero-order valence-corrected chi connectivity index (χ0v) is 13.7. The van der Waals surface area contributed by atoms with Crippen LogP contribution in [0.4, 0.5) is 0 Å². The van der Waals surface area contributed by atoms with E-state index in [9.17, 15) is 9.59 Å². The summed E-state index contributed by atoms with van der Waals surface area (Å²) in [7, 11) is 0. The van der Waals surface area contributed by atoms with Gasteiger partial charge in [-0.25, -0.2) is 0 Å². The number of rotatable bonds is 1. The van der Waals surface area contributed by atoms with Gasteiger partial charge in [0.25, 0.3) is 5.91 Å². The molecule has 0 N–H and O–H groups in total. The van der Waals surface area contributed by atoms with Crippen molar-refractivity contribution in [3.05, 3.63) is 70.8 Å². The van der Waals surface area contributed by atoms with Crippen molar-refractivity contribution < 1.29 is 9.59 Å². The Hall–Kier alpha value is -2.62. The van der Waals surface area contributed by atoms with Crippen molar-refractivity contribution in [1.29, 1.82) is 0 Å².